The van der Waals surface area contributed by atoms with Gasteiger partial charge in [-0.25, -0.2) is 22.5 Å². The van der Waals surface area contributed by atoms with Gasteiger partial charge >= 0.3 is 5.97 Å². The van der Waals surface area contributed by atoms with E-state index in [0.29, 0.717) is 23.4 Å². The predicted molar refractivity (Wildman–Crippen MR) is 118 cm³/mol. The Balaban J connectivity index is 1.80. The van der Waals surface area contributed by atoms with Gasteiger partial charge in [-0.05, 0) is 37.3 Å². The molecule has 10 nitrogen and oxygen atoms in total. The molecule has 0 unspecified atom stereocenters. The van der Waals surface area contributed by atoms with Gasteiger partial charge < -0.3 is 9.30 Å². The van der Waals surface area contributed by atoms with Gasteiger partial charge in [-0.3, -0.25) is 10.1 Å². The third-order valence-electron chi connectivity index (χ3n) is 4.77. The number of rotatable bonds is 8. The first kappa shape index (κ1) is 23.1. The average Bonchev–Trinajstić information content (AvgIpc) is 3.12. The fraction of sp³-hybridized carbons (Fsp3) is 0.238. The lowest BCUT2D eigenvalue weighted by Crippen LogP contribution is -2.22. The number of esters is 1. The van der Waals surface area contributed by atoms with E-state index in [0.717, 1.165) is 10.4 Å². The molecule has 11 heteroatoms. The molecule has 0 spiro atoms. The summed E-state index contributed by atoms with van der Waals surface area (Å²) in [6.45, 7) is 2.29. The van der Waals surface area contributed by atoms with Crippen LogP contribution in [0, 0.1) is 10.1 Å². The number of carbonyl (C=O) groups is 1. The van der Waals surface area contributed by atoms with E-state index in [1.54, 1.807) is 12.1 Å². The number of aryl methyl sites for hydroxylation is 1. The summed E-state index contributed by atoms with van der Waals surface area (Å²) < 4.78 is 33.0. The number of nitro groups is 1. The van der Waals surface area contributed by atoms with Crippen molar-refractivity contribution in [3.8, 4) is 0 Å². The lowest BCUT2D eigenvalue weighted by Gasteiger charge is -2.11. The van der Waals surface area contributed by atoms with Crippen LogP contribution in [0.1, 0.15) is 18.3 Å². The van der Waals surface area contributed by atoms with Gasteiger partial charge in [0, 0.05) is 32.8 Å². The fourth-order valence-corrected chi connectivity index (χ4v) is 4.05. The van der Waals surface area contributed by atoms with Gasteiger partial charge in [-0.2, -0.15) is 0 Å². The van der Waals surface area contributed by atoms with Gasteiger partial charge in [0.25, 0.3) is 5.69 Å². The average molecular weight is 458 g/mol. The molecule has 0 aliphatic rings. The number of nitro benzene ring substituents is 1. The quantitative estimate of drug-likeness (QED) is 0.220. The van der Waals surface area contributed by atoms with Crippen molar-refractivity contribution in [1.29, 1.82) is 0 Å². The summed E-state index contributed by atoms with van der Waals surface area (Å²) in [5.41, 5.74) is 1.35. The Labute approximate surface area is 184 Å². The van der Waals surface area contributed by atoms with Crippen LogP contribution in [-0.4, -0.2) is 47.3 Å². The second kappa shape index (κ2) is 9.28. The molecule has 0 atom stereocenters. The number of benzene rings is 2. The van der Waals surface area contributed by atoms with Crippen LogP contribution >= 0.6 is 0 Å². The van der Waals surface area contributed by atoms with Crippen LogP contribution in [0.3, 0.4) is 0 Å². The van der Waals surface area contributed by atoms with Crippen LogP contribution in [0.15, 0.2) is 53.4 Å². The second-order valence-electron chi connectivity index (χ2n) is 6.97. The van der Waals surface area contributed by atoms with E-state index >= 15 is 0 Å². The standard InChI is InChI=1S/C21H22N4O6S/c1-4-24-19-11-10-16(32(29,30)23(2)3)13-17(19)22-20(24)14-31-21(26)12-9-15-7-5-6-8-18(15)25(27)28/h5-13H,4,14H2,1-3H3/b12-9+. The number of ether oxygens (including phenoxy) is 1. The largest absolute Gasteiger partial charge is 0.454 e. The first-order chi connectivity index (χ1) is 15.1. The Morgan fingerprint density at radius 3 is 2.62 bits per heavy atom. The van der Waals surface area contributed by atoms with Crippen LogP contribution in [0.25, 0.3) is 17.1 Å². The topological polar surface area (TPSA) is 125 Å². The third kappa shape index (κ3) is 4.68. The lowest BCUT2D eigenvalue weighted by atomic mass is 10.1. The molecule has 1 aromatic heterocycles. The third-order valence-corrected chi connectivity index (χ3v) is 6.58. The minimum Gasteiger partial charge on any atom is -0.454 e. The highest BCUT2D eigenvalue weighted by molar-refractivity contribution is 7.89. The number of fused-ring (bicyclic) bond motifs is 1. The molecule has 3 aromatic rings. The van der Waals surface area contributed by atoms with Crippen molar-refractivity contribution in [3.05, 3.63) is 70.0 Å². The molecule has 0 saturated carbocycles. The van der Waals surface area contributed by atoms with E-state index in [9.17, 15) is 23.3 Å². The normalized spacial score (nSPS) is 12.0. The molecule has 0 bridgehead atoms. The van der Waals surface area contributed by atoms with Crippen molar-refractivity contribution in [2.24, 2.45) is 0 Å². The molecular weight excluding hydrogens is 436 g/mol. The maximum absolute atomic E-state index is 12.4. The number of hydrogen-bond donors (Lipinski definition) is 0. The molecule has 0 radical (unpaired) electrons. The molecule has 0 aliphatic carbocycles. The number of carbonyl (C=O) groups excluding carboxylic acids is 1. The minimum atomic E-state index is -3.61. The van der Waals surface area contributed by atoms with Gasteiger partial charge in [0.05, 0.1) is 26.4 Å². The number of hydrogen-bond acceptors (Lipinski definition) is 7. The van der Waals surface area contributed by atoms with Crippen LogP contribution in [0.4, 0.5) is 5.69 Å². The van der Waals surface area contributed by atoms with E-state index in [1.807, 2.05) is 11.5 Å². The first-order valence-electron chi connectivity index (χ1n) is 9.65. The Bertz CT molecular complexity index is 1310. The van der Waals surface area contributed by atoms with Gasteiger partial charge in [-0.1, -0.05) is 12.1 Å². The summed E-state index contributed by atoms with van der Waals surface area (Å²) >= 11 is 0. The molecule has 1 heterocycles. The van der Waals surface area contributed by atoms with E-state index in [1.165, 1.54) is 50.5 Å². The van der Waals surface area contributed by atoms with E-state index in [-0.39, 0.29) is 22.8 Å². The number of para-hydroxylation sites is 1. The number of aromatic nitrogens is 2. The molecule has 3 rings (SSSR count). The Morgan fingerprint density at radius 1 is 1.25 bits per heavy atom. The van der Waals surface area contributed by atoms with Crippen molar-refractivity contribution in [3.63, 3.8) is 0 Å². The van der Waals surface area contributed by atoms with E-state index < -0.39 is 20.9 Å². The first-order valence-corrected chi connectivity index (χ1v) is 11.1. The summed E-state index contributed by atoms with van der Waals surface area (Å²) in [4.78, 5) is 27.2. The molecule has 0 fully saturated rings. The number of imidazole rings is 1. The zero-order valence-corrected chi connectivity index (χ0v) is 18.6. The Hall–Kier alpha value is -3.57. The van der Waals surface area contributed by atoms with Gasteiger partial charge in [0.1, 0.15) is 12.4 Å². The lowest BCUT2D eigenvalue weighted by molar-refractivity contribution is -0.385. The fourth-order valence-electron chi connectivity index (χ4n) is 3.13. The van der Waals surface area contributed by atoms with Crippen molar-refractivity contribution in [2.45, 2.75) is 25.0 Å². The molecule has 0 N–H and O–H groups in total. The Kier molecular flexibility index (Phi) is 6.70. The van der Waals surface area contributed by atoms with Gasteiger partial charge in [0.2, 0.25) is 10.0 Å². The summed E-state index contributed by atoms with van der Waals surface area (Å²) in [6, 6.07) is 10.7. The maximum atomic E-state index is 12.4. The van der Waals surface area contributed by atoms with Gasteiger partial charge in [0.15, 0.2) is 0 Å². The molecule has 32 heavy (non-hydrogen) atoms. The van der Waals surface area contributed by atoms with Crippen molar-refractivity contribution in [1.82, 2.24) is 13.9 Å². The monoisotopic (exact) mass is 458 g/mol. The van der Waals surface area contributed by atoms with E-state index in [2.05, 4.69) is 4.98 Å². The summed E-state index contributed by atoms with van der Waals surface area (Å²) in [5.74, 6) is -0.233. The summed E-state index contributed by atoms with van der Waals surface area (Å²) in [5, 5.41) is 11.1. The number of nitrogens with zero attached hydrogens (tertiary/aromatic N) is 4. The van der Waals surface area contributed by atoms with Crippen LogP contribution in [0.2, 0.25) is 0 Å². The molecule has 0 saturated heterocycles. The maximum Gasteiger partial charge on any atom is 0.331 e. The molecule has 168 valence electrons. The highest BCUT2D eigenvalue weighted by Gasteiger charge is 2.20. The van der Waals surface area contributed by atoms with Crippen LogP contribution in [0.5, 0.6) is 0 Å². The minimum absolute atomic E-state index is 0.117. The van der Waals surface area contributed by atoms with Crippen molar-refractivity contribution < 1.29 is 22.9 Å². The van der Waals surface area contributed by atoms with Crippen LogP contribution in [-0.2, 0) is 32.7 Å². The zero-order valence-electron chi connectivity index (χ0n) is 17.8. The highest BCUT2D eigenvalue weighted by atomic mass is 32.2. The number of sulfonamides is 1. The van der Waals surface area contributed by atoms with Crippen LogP contribution < -0.4 is 0 Å². The summed E-state index contributed by atoms with van der Waals surface area (Å²) in [7, 11) is -0.704. The summed E-state index contributed by atoms with van der Waals surface area (Å²) in [6.07, 6.45) is 2.44. The SMILES string of the molecule is CCn1c(COC(=O)/C=C/c2ccccc2[N+](=O)[O-])nc2cc(S(=O)(=O)N(C)C)ccc21. The molecular formula is C21H22N4O6S. The smallest absolute Gasteiger partial charge is 0.331 e. The zero-order chi connectivity index (χ0) is 23.5. The molecule has 0 amide bonds. The highest BCUT2D eigenvalue weighted by Crippen LogP contribution is 2.23. The van der Waals surface area contributed by atoms with Crippen molar-refractivity contribution in [2.75, 3.05) is 14.1 Å². The second-order valence-corrected chi connectivity index (χ2v) is 9.12. The van der Waals surface area contributed by atoms with Gasteiger partial charge in [-0.15, -0.1) is 0 Å². The van der Waals surface area contributed by atoms with Crippen molar-refractivity contribution >= 4 is 38.8 Å². The Morgan fingerprint density at radius 2 is 1.97 bits per heavy atom. The van der Waals surface area contributed by atoms with E-state index in [4.69, 9.17) is 4.74 Å². The molecule has 0 aliphatic heterocycles. The predicted octanol–water partition coefficient (Wildman–Crippen LogP) is 2.97. The molecule has 2 aromatic carbocycles.